The van der Waals surface area contributed by atoms with Crippen LogP contribution < -0.4 is 9.46 Å². The van der Waals surface area contributed by atoms with Crippen molar-refractivity contribution in [2.45, 2.75) is 6.42 Å². The van der Waals surface area contributed by atoms with E-state index in [2.05, 4.69) is 4.72 Å². The molecule has 0 spiro atoms. The predicted octanol–water partition coefficient (Wildman–Crippen LogP) is 3.23. The van der Waals surface area contributed by atoms with Crippen LogP contribution in [0, 0.1) is 0 Å². The summed E-state index contributed by atoms with van der Waals surface area (Å²) < 4.78 is 32.0. The summed E-state index contributed by atoms with van der Waals surface area (Å²) >= 11 is 0. The van der Waals surface area contributed by atoms with E-state index in [4.69, 9.17) is 4.74 Å². The molecule has 28 heavy (non-hydrogen) atoms. The lowest BCUT2D eigenvalue weighted by Crippen LogP contribution is -2.10. The van der Waals surface area contributed by atoms with Crippen LogP contribution in [-0.4, -0.2) is 32.1 Å². The molecule has 0 aliphatic heterocycles. The van der Waals surface area contributed by atoms with Gasteiger partial charge in [-0.2, -0.15) is 0 Å². The number of benzene rings is 2. The lowest BCUT2D eigenvalue weighted by molar-refractivity contribution is 0.103. The zero-order chi connectivity index (χ0) is 20.3. The maximum atomic E-state index is 12.8. The van der Waals surface area contributed by atoms with Gasteiger partial charge in [0.15, 0.2) is 0 Å². The third kappa shape index (κ3) is 4.61. The molecule has 0 unspecified atom stereocenters. The second-order valence-corrected chi connectivity index (χ2v) is 8.32. The van der Waals surface area contributed by atoms with Gasteiger partial charge in [0.25, 0.3) is 0 Å². The van der Waals surface area contributed by atoms with Crippen LogP contribution >= 0.6 is 0 Å². The van der Waals surface area contributed by atoms with Gasteiger partial charge in [-0.15, -0.1) is 0 Å². The molecule has 146 valence electrons. The lowest BCUT2D eigenvalue weighted by atomic mass is 10.1. The Hall–Kier alpha value is -3.06. The van der Waals surface area contributed by atoms with Crippen molar-refractivity contribution in [1.29, 1.82) is 0 Å². The van der Waals surface area contributed by atoms with Crippen LogP contribution in [-0.2, 0) is 23.5 Å². The molecule has 0 fully saturated rings. The molecule has 0 aliphatic carbocycles. The summed E-state index contributed by atoms with van der Waals surface area (Å²) in [6.07, 6.45) is 1.75. The number of nitrogens with zero attached hydrogens (tertiary/aromatic N) is 1. The largest absolute Gasteiger partial charge is 0.497 e. The molecule has 0 saturated heterocycles. The Morgan fingerprint density at radius 2 is 1.64 bits per heavy atom. The molecule has 3 aromatic rings. The maximum absolute atomic E-state index is 12.8. The minimum absolute atomic E-state index is 0.0518. The number of hydrogen-bond acceptors (Lipinski definition) is 4. The number of carbonyl (C=O) groups is 1. The highest BCUT2D eigenvalue weighted by atomic mass is 32.2. The average molecular weight is 398 g/mol. The molecule has 0 bridgehead atoms. The van der Waals surface area contributed by atoms with E-state index in [1.807, 2.05) is 35.9 Å². The molecule has 0 aliphatic rings. The van der Waals surface area contributed by atoms with E-state index < -0.39 is 10.0 Å². The molecule has 0 radical (unpaired) electrons. The zero-order valence-corrected chi connectivity index (χ0v) is 16.8. The van der Waals surface area contributed by atoms with Gasteiger partial charge in [-0.05, 0) is 54.1 Å². The van der Waals surface area contributed by atoms with E-state index in [0.29, 0.717) is 29.1 Å². The number of hydrogen-bond donors (Lipinski definition) is 1. The molecule has 0 atom stereocenters. The first-order valence-corrected chi connectivity index (χ1v) is 10.6. The van der Waals surface area contributed by atoms with Crippen LogP contribution in [0.3, 0.4) is 0 Å². The number of sulfonamides is 1. The summed E-state index contributed by atoms with van der Waals surface area (Å²) in [7, 11) is 0.162. The first kappa shape index (κ1) is 19.7. The summed E-state index contributed by atoms with van der Waals surface area (Å²) in [5, 5.41) is 0. The summed E-state index contributed by atoms with van der Waals surface area (Å²) in [4.78, 5) is 12.8. The van der Waals surface area contributed by atoms with Crippen molar-refractivity contribution in [3.05, 3.63) is 83.2 Å². The van der Waals surface area contributed by atoms with Crippen molar-refractivity contribution >= 4 is 21.5 Å². The second kappa shape index (κ2) is 7.90. The van der Waals surface area contributed by atoms with E-state index in [0.717, 1.165) is 17.5 Å². The highest BCUT2D eigenvalue weighted by Crippen LogP contribution is 2.19. The first-order chi connectivity index (χ1) is 13.3. The molecule has 0 saturated carbocycles. The number of anilines is 1. The minimum Gasteiger partial charge on any atom is -0.497 e. The van der Waals surface area contributed by atoms with Crippen LogP contribution in [0.4, 0.5) is 5.69 Å². The van der Waals surface area contributed by atoms with Gasteiger partial charge < -0.3 is 9.30 Å². The fraction of sp³-hybridized carbons (Fsp3) is 0.190. The van der Waals surface area contributed by atoms with Crippen molar-refractivity contribution in [2.75, 3.05) is 18.1 Å². The van der Waals surface area contributed by atoms with Crippen LogP contribution in [0.25, 0.3) is 0 Å². The Balaban J connectivity index is 1.76. The standard InChI is InChI=1S/C21H22N2O4S/c1-23-18(14-15-4-8-17(9-5-15)22-28(3,25)26)10-13-20(23)21(24)16-6-11-19(27-2)12-7-16/h4-13,22H,14H2,1-3H3. The highest BCUT2D eigenvalue weighted by Gasteiger charge is 2.15. The monoisotopic (exact) mass is 398 g/mol. The van der Waals surface area contributed by atoms with Crippen LogP contribution in [0.1, 0.15) is 27.3 Å². The summed E-state index contributed by atoms with van der Waals surface area (Å²) in [6.45, 7) is 0. The van der Waals surface area contributed by atoms with Gasteiger partial charge in [0.05, 0.1) is 19.1 Å². The normalized spacial score (nSPS) is 11.2. The fourth-order valence-electron chi connectivity index (χ4n) is 2.96. The minimum atomic E-state index is -3.29. The van der Waals surface area contributed by atoms with Crippen molar-refractivity contribution in [2.24, 2.45) is 7.05 Å². The number of ketones is 1. The van der Waals surface area contributed by atoms with Gasteiger partial charge in [-0.25, -0.2) is 8.42 Å². The van der Waals surface area contributed by atoms with Crippen LogP contribution in [0.5, 0.6) is 5.75 Å². The van der Waals surface area contributed by atoms with Crippen molar-refractivity contribution in [3.8, 4) is 5.75 Å². The number of rotatable bonds is 7. The average Bonchev–Trinajstić information content (AvgIpc) is 3.02. The van der Waals surface area contributed by atoms with Crippen LogP contribution in [0.2, 0.25) is 0 Å². The fourth-order valence-corrected chi connectivity index (χ4v) is 3.53. The SMILES string of the molecule is COc1ccc(C(=O)c2ccc(Cc3ccc(NS(C)(=O)=O)cc3)n2C)cc1. The van der Waals surface area contributed by atoms with E-state index in [1.165, 1.54) is 0 Å². The Labute approximate surface area is 164 Å². The molecule has 6 nitrogen and oxygen atoms in total. The number of ether oxygens (including phenoxy) is 1. The lowest BCUT2D eigenvalue weighted by Gasteiger charge is -2.09. The summed E-state index contributed by atoms with van der Waals surface area (Å²) in [6, 6.07) is 18.0. The van der Waals surface area contributed by atoms with Gasteiger partial charge in [-0.3, -0.25) is 9.52 Å². The molecule has 1 heterocycles. The topological polar surface area (TPSA) is 77.4 Å². The highest BCUT2D eigenvalue weighted by molar-refractivity contribution is 7.92. The summed E-state index contributed by atoms with van der Waals surface area (Å²) in [5.74, 6) is 0.655. The molecule has 7 heteroatoms. The van der Waals surface area contributed by atoms with Crippen molar-refractivity contribution in [3.63, 3.8) is 0 Å². The second-order valence-electron chi connectivity index (χ2n) is 6.57. The third-order valence-electron chi connectivity index (χ3n) is 4.45. The van der Waals surface area contributed by atoms with E-state index in [-0.39, 0.29) is 5.78 Å². The molecule has 0 amide bonds. The Bertz CT molecular complexity index is 1080. The van der Waals surface area contributed by atoms with Gasteiger partial charge in [-0.1, -0.05) is 12.1 Å². The van der Waals surface area contributed by atoms with Crippen molar-refractivity contribution in [1.82, 2.24) is 4.57 Å². The van der Waals surface area contributed by atoms with Crippen LogP contribution in [0.15, 0.2) is 60.7 Å². The smallest absolute Gasteiger partial charge is 0.229 e. The molecule has 3 rings (SSSR count). The molecular weight excluding hydrogens is 376 g/mol. The number of nitrogens with one attached hydrogen (secondary N) is 1. The van der Waals surface area contributed by atoms with Gasteiger partial charge in [0.2, 0.25) is 15.8 Å². The van der Waals surface area contributed by atoms with E-state index in [1.54, 1.807) is 43.5 Å². The van der Waals surface area contributed by atoms with Gasteiger partial charge in [0, 0.05) is 30.4 Å². The van der Waals surface area contributed by atoms with Crippen molar-refractivity contribution < 1.29 is 17.9 Å². The molecule has 2 aromatic carbocycles. The molecule has 1 N–H and O–H groups in total. The Morgan fingerprint density at radius 3 is 2.21 bits per heavy atom. The number of aromatic nitrogens is 1. The van der Waals surface area contributed by atoms with E-state index in [9.17, 15) is 13.2 Å². The Kier molecular flexibility index (Phi) is 5.56. The third-order valence-corrected chi connectivity index (χ3v) is 5.06. The molecule has 1 aromatic heterocycles. The summed E-state index contributed by atoms with van der Waals surface area (Å²) in [5.41, 5.74) is 3.73. The predicted molar refractivity (Wildman–Crippen MR) is 110 cm³/mol. The van der Waals surface area contributed by atoms with E-state index >= 15 is 0 Å². The number of carbonyl (C=O) groups excluding carboxylic acids is 1. The van der Waals surface area contributed by atoms with Gasteiger partial charge >= 0.3 is 0 Å². The Morgan fingerprint density at radius 1 is 1.00 bits per heavy atom. The zero-order valence-electron chi connectivity index (χ0n) is 16.0. The number of methoxy groups -OCH3 is 1. The molecular formula is C21H22N2O4S. The first-order valence-electron chi connectivity index (χ1n) is 8.67. The van der Waals surface area contributed by atoms with Gasteiger partial charge in [0.1, 0.15) is 5.75 Å². The quantitative estimate of drug-likeness (QED) is 0.620. The maximum Gasteiger partial charge on any atom is 0.229 e.